The maximum atomic E-state index is 13.4. The van der Waals surface area contributed by atoms with Gasteiger partial charge >= 0.3 is 12.3 Å². The highest BCUT2D eigenvalue weighted by Crippen LogP contribution is 2.27. The summed E-state index contributed by atoms with van der Waals surface area (Å²) in [5, 5.41) is 2.89. The number of primary amides is 1. The molecule has 0 saturated carbocycles. The highest BCUT2D eigenvalue weighted by molar-refractivity contribution is 7.91. The molecule has 3 aromatic rings. The van der Waals surface area contributed by atoms with Crippen molar-refractivity contribution in [3.8, 4) is 11.4 Å². The first-order valence-corrected chi connectivity index (χ1v) is 13.3. The molecule has 1 fully saturated rings. The fourth-order valence-corrected chi connectivity index (χ4v) is 6.10. The Balaban J connectivity index is 1.79. The molecule has 1 aliphatic rings. The molecule has 3 N–H and O–H groups in total. The number of ether oxygens (including phenoxy) is 1. The predicted molar refractivity (Wildman–Crippen MR) is 132 cm³/mol. The van der Waals surface area contributed by atoms with Crippen molar-refractivity contribution in [1.29, 1.82) is 0 Å². The second-order valence-corrected chi connectivity index (χ2v) is 11.6. The standard InChI is InChI=1S/C24H26F2N4O6S/c1-14(20(27)31)29-19-12-15(21(32)28-24(2)8-10-37(34,35)11-9-24)6-7-18(19)30(23(29)33)16-4-3-5-17(13-16)36-22(25)26/h3-7,12-14,22H,8-11H2,1-2H3,(H2,27,31)(H,28,32). The number of alkyl halides is 2. The average Bonchev–Trinajstić information content (AvgIpc) is 3.11. The number of halogens is 2. The van der Waals surface area contributed by atoms with E-state index in [9.17, 15) is 31.6 Å². The van der Waals surface area contributed by atoms with Gasteiger partial charge < -0.3 is 15.8 Å². The largest absolute Gasteiger partial charge is 0.435 e. The predicted octanol–water partition coefficient (Wildman–Crippen LogP) is 2.14. The summed E-state index contributed by atoms with van der Waals surface area (Å²) < 4.78 is 55.8. The quantitative estimate of drug-likeness (QED) is 0.474. The number of rotatable bonds is 7. The SMILES string of the molecule is CC(C(N)=O)n1c(=O)n(-c2cccc(OC(F)F)c2)c2ccc(C(=O)NC3(C)CCS(=O)(=O)CC3)cc21. The first-order chi connectivity index (χ1) is 17.3. The van der Waals surface area contributed by atoms with Crippen molar-refractivity contribution in [3.05, 3.63) is 58.5 Å². The minimum Gasteiger partial charge on any atom is -0.435 e. The Morgan fingerprint density at radius 1 is 1.11 bits per heavy atom. The van der Waals surface area contributed by atoms with Crippen LogP contribution in [-0.4, -0.2) is 53.0 Å². The first kappa shape index (κ1) is 26.3. The molecule has 2 aromatic carbocycles. The van der Waals surface area contributed by atoms with Gasteiger partial charge in [-0.15, -0.1) is 0 Å². The van der Waals surface area contributed by atoms with E-state index in [1.165, 1.54) is 54.0 Å². The molecule has 10 nitrogen and oxygen atoms in total. The van der Waals surface area contributed by atoms with Gasteiger partial charge in [0.05, 0.1) is 28.2 Å². The molecule has 1 saturated heterocycles. The molecule has 4 rings (SSSR count). The lowest BCUT2D eigenvalue weighted by atomic mass is 9.94. The number of amides is 2. The van der Waals surface area contributed by atoms with Crippen LogP contribution in [0.25, 0.3) is 16.7 Å². The second-order valence-electron chi connectivity index (χ2n) is 9.31. The number of imidazole rings is 1. The van der Waals surface area contributed by atoms with Crippen LogP contribution in [0.15, 0.2) is 47.3 Å². The van der Waals surface area contributed by atoms with Gasteiger partial charge in [0.1, 0.15) is 21.6 Å². The van der Waals surface area contributed by atoms with Crippen LogP contribution in [-0.2, 0) is 14.6 Å². The van der Waals surface area contributed by atoms with Gasteiger partial charge in [0.15, 0.2) is 0 Å². The molecule has 0 aliphatic carbocycles. The highest BCUT2D eigenvalue weighted by atomic mass is 32.2. The second kappa shape index (κ2) is 9.61. The average molecular weight is 537 g/mol. The Morgan fingerprint density at radius 2 is 1.78 bits per heavy atom. The number of nitrogens with two attached hydrogens (primary N) is 1. The molecule has 0 radical (unpaired) electrons. The Morgan fingerprint density at radius 3 is 2.41 bits per heavy atom. The van der Waals surface area contributed by atoms with E-state index in [2.05, 4.69) is 10.1 Å². The molecule has 2 amide bonds. The van der Waals surface area contributed by atoms with Gasteiger partial charge in [-0.05, 0) is 57.0 Å². The molecule has 1 aliphatic heterocycles. The van der Waals surface area contributed by atoms with Crippen LogP contribution in [0.3, 0.4) is 0 Å². The van der Waals surface area contributed by atoms with E-state index in [1.807, 2.05) is 0 Å². The number of carbonyl (C=O) groups excluding carboxylic acids is 2. The molecule has 37 heavy (non-hydrogen) atoms. The van der Waals surface area contributed by atoms with E-state index in [4.69, 9.17) is 5.73 Å². The summed E-state index contributed by atoms with van der Waals surface area (Å²) in [4.78, 5) is 38.6. The van der Waals surface area contributed by atoms with Gasteiger partial charge in [-0.1, -0.05) is 6.07 Å². The van der Waals surface area contributed by atoms with Gasteiger partial charge in [0.25, 0.3) is 5.91 Å². The highest BCUT2D eigenvalue weighted by Gasteiger charge is 2.35. The molecule has 1 unspecified atom stereocenters. The lowest BCUT2D eigenvalue weighted by Crippen LogP contribution is -2.50. The monoisotopic (exact) mass is 536 g/mol. The molecule has 2 heterocycles. The number of hydrogen-bond donors (Lipinski definition) is 2. The van der Waals surface area contributed by atoms with E-state index in [0.29, 0.717) is 5.52 Å². The van der Waals surface area contributed by atoms with E-state index in [0.717, 1.165) is 4.57 Å². The minimum absolute atomic E-state index is 0.0321. The van der Waals surface area contributed by atoms with Crippen molar-refractivity contribution in [3.63, 3.8) is 0 Å². The molecule has 1 aromatic heterocycles. The summed E-state index contributed by atoms with van der Waals surface area (Å²) in [6, 6.07) is 8.85. The third-order valence-electron chi connectivity index (χ3n) is 6.58. The summed E-state index contributed by atoms with van der Waals surface area (Å²) >= 11 is 0. The molecule has 13 heteroatoms. The maximum absolute atomic E-state index is 13.4. The molecular formula is C24H26F2N4O6S. The Bertz CT molecular complexity index is 1530. The van der Waals surface area contributed by atoms with Crippen LogP contribution in [0.1, 0.15) is 43.1 Å². The van der Waals surface area contributed by atoms with Crippen LogP contribution in [0.2, 0.25) is 0 Å². The smallest absolute Gasteiger partial charge is 0.387 e. The lowest BCUT2D eigenvalue weighted by Gasteiger charge is -2.34. The Hall–Kier alpha value is -3.74. The summed E-state index contributed by atoms with van der Waals surface area (Å²) in [7, 11) is -3.13. The number of nitrogens with one attached hydrogen (secondary N) is 1. The summed E-state index contributed by atoms with van der Waals surface area (Å²) in [6.45, 7) is 0.143. The zero-order valence-corrected chi connectivity index (χ0v) is 20.9. The Kier molecular flexibility index (Phi) is 6.84. The lowest BCUT2D eigenvalue weighted by molar-refractivity contribution is -0.120. The van der Waals surface area contributed by atoms with Gasteiger partial charge in [-0.25, -0.2) is 13.2 Å². The van der Waals surface area contributed by atoms with Crippen molar-refractivity contribution < 1.29 is 31.5 Å². The zero-order valence-electron chi connectivity index (χ0n) is 20.1. The number of sulfone groups is 1. The number of hydrogen-bond acceptors (Lipinski definition) is 6. The van der Waals surface area contributed by atoms with Gasteiger partial charge in [0.2, 0.25) is 5.91 Å². The molecular weight excluding hydrogens is 510 g/mol. The van der Waals surface area contributed by atoms with Crippen molar-refractivity contribution in [1.82, 2.24) is 14.5 Å². The van der Waals surface area contributed by atoms with E-state index in [-0.39, 0.29) is 46.9 Å². The fraction of sp³-hybridized carbons (Fsp3) is 0.375. The van der Waals surface area contributed by atoms with Crippen molar-refractivity contribution in [2.75, 3.05) is 11.5 Å². The fourth-order valence-electron chi connectivity index (χ4n) is 4.37. The van der Waals surface area contributed by atoms with Crippen molar-refractivity contribution in [2.45, 2.75) is 44.9 Å². The first-order valence-electron chi connectivity index (χ1n) is 11.4. The van der Waals surface area contributed by atoms with Gasteiger partial charge in [0, 0.05) is 17.2 Å². The van der Waals surface area contributed by atoms with E-state index < -0.39 is 45.5 Å². The summed E-state index contributed by atoms with van der Waals surface area (Å²) in [6.07, 6.45) is 0.528. The number of aromatic nitrogens is 2. The summed E-state index contributed by atoms with van der Waals surface area (Å²) in [5.41, 5.74) is 4.99. The zero-order chi connectivity index (χ0) is 27.1. The minimum atomic E-state index is -3.13. The van der Waals surface area contributed by atoms with Crippen LogP contribution in [0, 0.1) is 0 Å². The third kappa shape index (κ3) is 5.36. The van der Waals surface area contributed by atoms with Gasteiger partial charge in [-0.2, -0.15) is 8.78 Å². The number of benzene rings is 2. The van der Waals surface area contributed by atoms with Crippen LogP contribution in [0.4, 0.5) is 8.78 Å². The van der Waals surface area contributed by atoms with E-state index >= 15 is 0 Å². The third-order valence-corrected chi connectivity index (χ3v) is 8.23. The van der Waals surface area contributed by atoms with Crippen LogP contribution >= 0.6 is 0 Å². The molecule has 1 atom stereocenters. The topological polar surface area (TPSA) is 142 Å². The molecule has 0 bridgehead atoms. The van der Waals surface area contributed by atoms with Crippen molar-refractivity contribution in [2.24, 2.45) is 5.73 Å². The van der Waals surface area contributed by atoms with Crippen LogP contribution in [0.5, 0.6) is 5.75 Å². The Labute approximate surface area is 210 Å². The van der Waals surface area contributed by atoms with Crippen LogP contribution < -0.4 is 21.5 Å². The normalized spacial score (nSPS) is 17.4. The number of fused-ring (bicyclic) bond motifs is 1. The molecule has 0 spiro atoms. The number of carbonyl (C=O) groups is 2. The molecule has 198 valence electrons. The van der Waals surface area contributed by atoms with E-state index in [1.54, 1.807) is 6.92 Å². The van der Waals surface area contributed by atoms with Gasteiger partial charge in [-0.3, -0.25) is 18.7 Å². The summed E-state index contributed by atoms with van der Waals surface area (Å²) in [5.74, 6) is -1.50. The maximum Gasteiger partial charge on any atom is 0.387 e. The number of nitrogens with zero attached hydrogens (tertiary/aromatic N) is 2. The van der Waals surface area contributed by atoms with Crippen molar-refractivity contribution >= 4 is 32.7 Å².